The van der Waals surface area contributed by atoms with Crippen LogP contribution in [0.3, 0.4) is 0 Å². The highest BCUT2D eigenvalue weighted by Crippen LogP contribution is 2.36. The number of hydrogen-bond acceptors (Lipinski definition) is 3. The number of benzene rings is 2. The van der Waals surface area contributed by atoms with Gasteiger partial charge in [-0.05, 0) is 48.9 Å². The fourth-order valence-corrected chi connectivity index (χ4v) is 5.15. The van der Waals surface area contributed by atoms with Crippen LogP contribution in [0.25, 0.3) is 0 Å². The summed E-state index contributed by atoms with van der Waals surface area (Å²) in [4.78, 5) is 39.6. The minimum Gasteiger partial charge on any atom is -0.351 e. The minimum absolute atomic E-state index is 0.0164. The Bertz CT molecular complexity index is 991. The first kappa shape index (κ1) is 23.0. The van der Waals surface area contributed by atoms with Gasteiger partial charge in [-0.2, -0.15) is 0 Å². The average Bonchev–Trinajstić information content (AvgIpc) is 3.39. The smallest absolute Gasteiger partial charge is 0.231 e. The van der Waals surface area contributed by atoms with Crippen molar-refractivity contribution in [3.8, 4) is 0 Å². The van der Waals surface area contributed by atoms with E-state index in [1.54, 1.807) is 6.92 Å². The molecule has 1 aliphatic heterocycles. The highest BCUT2D eigenvalue weighted by Gasteiger charge is 2.43. The van der Waals surface area contributed by atoms with E-state index < -0.39 is 5.41 Å². The first-order valence-electron chi connectivity index (χ1n) is 12.0. The Morgan fingerprint density at radius 1 is 0.970 bits per heavy atom. The second-order valence-corrected chi connectivity index (χ2v) is 9.31. The van der Waals surface area contributed by atoms with E-state index in [0.717, 1.165) is 42.5 Å². The summed E-state index contributed by atoms with van der Waals surface area (Å²) in [6.07, 6.45) is 5.36. The second-order valence-electron chi connectivity index (χ2n) is 9.31. The molecule has 4 rings (SSSR count). The van der Waals surface area contributed by atoms with Gasteiger partial charge >= 0.3 is 0 Å². The maximum atomic E-state index is 13.5. The lowest BCUT2D eigenvalue weighted by molar-refractivity contribution is -0.135. The molecule has 6 nitrogen and oxygen atoms in total. The summed E-state index contributed by atoms with van der Waals surface area (Å²) in [6.45, 7) is 3.10. The van der Waals surface area contributed by atoms with E-state index in [9.17, 15) is 14.4 Å². The molecule has 174 valence electrons. The second kappa shape index (κ2) is 10.2. The molecule has 2 fully saturated rings. The van der Waals surface area contributed by atoms with Crippen LogP contribution in [0.15, 0.2) is 54.6 Å². The first-order valence-corrected chi connectivity index (χ1v) is 12.0. The number of nitrogens with one attached hydrogen (secondary N) is 2. The topological polar surface area (TPSA) is 78.5 Å². The van der Waals surface area contributed by atoms with Gasteiger partial charge in [-0.1, -0.05) is 55.3 Å². The molecule has 0 bridgehead atoms. The molecule has 2 aromatic rings. The van der Waals surface area contributed by atoms with Crippen molar-refractivity contribution in [2.45, 2.75) is 57.4 Å². The Hall–Kier alpha value is -3.15. The molecule has 0 radical (unpaired) electrons. The molecule has 1 saturated carbocycles. The fraction of sp³-hybridized carbons (Fsp3) is 0.444. The van der Waals surface area contributed by atoms with E-state index >= 15 is 0 Å². The van der Waals surface area contributed by atoms with Gasteiger partial charge in [0.2, 0.25) is 17.7 Å². The Morgan fingerprint density at radius 2 is 1.67 bits per heavy atom. The molecular formula is C27H33N3O3. The van der Waals surface area contributed by atoms with E-state index in [0.29, 0.717) is 32.5 Å². The van der Waals surface area contributed by atoms with Crippen molar-refractivity contribution < 1.29 is 14.4 Å². The molecule has 1 heterocycles. The van der Waals surface area contributed by atoms with E-state index in [4.69, 9.17) is 0 Å². The molecule has 0 aromatic heterocycles. The van der Waals surface area contributed by atoms with Crippen molar-refractivity contribution in [2.75, 3.05) is 18.4 Å². The summed E-state index contributed by atoms with van der Waals surface area (Å²) in [5.41, 5.74) is 2.05. The van der Waals surface area contributed by atoms with Crippen LogP contribution in [-0.2, 0) is 26.3 Å². The van der Waals surface area contributed by atoms with Gasteiger partial charge in [-0.15, -0.1) is 0 Å². The van der Waals surface area contributed by atoms with Gasteiger partial charge in [0.25, 0.3) is 0 Å². The molecule has 1 saturated heterocycles. The zero-order chi connectivity index (χ0) is 23.3. The molecule has 0 spiro atoms. The Morgan fingerprint density at radius 3 is 2.33 bits per heavy atom. The third-order valence-corrected chi connectivity index (χ3v) is 7.20. The van der Waals surface area contributed by atoms with Crippen LogP contribution >= 0.6 is 0 Å². The number of nitrogens with zero attached hydrogens (tertiary/aromatic N) is 1. The van der Waals surface area contributed by atoms with Crippen LogP contribution in [-0.4, -0.2) is 35.7 Å². The van der Waals surface area contributed by atoms with Crippen LogP contribution in [0.1, 0.15) is 56.6 Å². The van der Waals surface area contributed by atoms with E-state index in [1.165, 1.54) is 0 Å². The first-order chi connectivity index (χ1) is 16.0. The maximum Gasteiger partial charge on any atom is 0.231 e. The number of rotatable bonds is 6. The average molecular weight is 448 g/mol. The van der Waals surface area contributed by atoms with Gasteiger partial charge in [0.05, 0.1) is 5.41 Å². The molecular weight excluding hydrogens is 414 g/mol. The Labute approximate surface area is 195 Å². The molecule has 3 amide bonds. The van der Waals surface area contributed by atoms with Crippen LogP contribution < -0.4 is 10.6 Å². The lowest BCUT2D eigenvalue weighted by atomic mass is 9.72. The molecule has 1 aliphatic carbocycles. The lowest BCUT2D eigenvalue weighted by Gasteiger charge is -2.40. The standard InChI is InChI=1S/C27H33N3O3/c1-20(31)30-16-14-27(15-17-30,23-11-3-2-4-12-23)26(33)28-19-21-8-7-13-24(18-21)29-25(32)22-9-5-6-10-22/h2-4,7-8,11-13,18,22H,5-6,9-10,14-17,19H2,1H3,(H,28,33)(H,29,32). The molecule has 0 atom stereocenters. The number of amides is 3. The van der Waals surface area contributed by atoms with Gasteiger partial charge in [0, 0.05) is 38.2 Å². The quantitative estimate of drug-likeness (QED) is 0.702. The predicted molar refractivity (Wildman–Crippen MR) is 128 cm³/mol. The third kappa shape index (κ3) is 5.27. The van der Waals surface area contributed by atoms with Gasteiger partial charge in [0.1, 0.15) is 0 Å². The summed E-state index contributed by atoms with van der Waals surface area (Å²) in [5, 5.41) is 6.17. The molecule has 2 N–H and O–H groups in total. The van der Waals surface area contributed by atoms with E-state index in [1.807, 2.05) is 59.5 Å². The number of carbonyl (C=O) groups excluding carboxylic acids is 3. The SMILES string of the molecule is CC(=O)N1CCC(C(=O)NCc2cccc(NC(=O)C3CCCC3)c2)(c2ccccc2)CC1. The largest absolute Gasteiger partial charge is 0.351 e. The number of anilines is 1. The Balaban J connectivity index is 1.43. The van der Waals surface area contributed by atoms with Gasteiger partial charge in [0.15, 0.2) is 0 Å². The van der Waals surface area contributed by atoms with Crippen LogP contribution in [0.4, 0.5) is 5.69 Å². The third-order valence-electron chi connectivity index (χ3n) is 7.20. The molecule has 0 unspecified atom stereocenters. The van der Waals surface area contributed by atoms with Crippen molar-refractivity contribution >= 4 is 23.4 Å². The number of carbonyl (C=O) groups is 3. The summed E-state index contributed by atoms with van der Waals surface area (Å²) in [5.74, 6) is 0.236. The van der Waals surface area contributed by atoms with Gasteiger partial charge in [-0.25, -0.2) is 0 Å². The number of likely N-dealkylation sites (tertiary alicyclic amines) is 1. The zero-order valence-corrected chi connectivity index (χ0v) is 19.3. The molecule has 33 heavy (non-hydrogen) atoms. The van der Waals surface area contributed by atoms with E-state index in [2.05, 4.69) is 10.6 Å². The van der Waals surface area contributed by atoms with Gasteiger partial charge in [-0.3, -0.25) is 14.4 Å². The van der Waals surface area contributed by atoms with Crippen molar-refractivity contribution in [3.05, 3.63) is 65.7 Å². The van der Waals surface area contributed by atoms with Crippen molar-refractivity contribution in [1.29, 1.82) is 0 Å². The van der Waals surface area contributed by atoms with Crippen LogP contribution in [0.5, 0.6) is 0 Å². The highest BCUT2D eigenvalue weighted by atomic mass is 16.2. The molecule has 2 aromatic carbocycles. The van der Waals surface area contributed by atoms with Gasteiger partial charge < -0.3 is 15.5 Å². The Kier molecular flexibility index (Phi) is 7.11. The molecule has 2 aliphatic rings. The van der Waals surface area contributed by atoms with Crippen LogP contribution in [0, 0.1) is 5.92 Å². The maximum absolute atomic E-state index is 13.5. The summed E-state index contributed by atoms with van der Waals surface area (Å²) in [7, 11) is 0. The van der Waals surface area contributed by atoms with Crippen LogP contribution in [0.2, 0.25) is 0 Å². The summed E-state index contributed by atoms with van der Waals surface area (Å²) in [6, 6.07) is 17.6. The summed E-state index contributed by atoms with van der Waals surface area (Å²) < 4.78 is 0. The van der Waals surface area contributed by atoms with E-state index in [-0.39, 0.29) is 23.6 Å². The normalized spacial score (nSPS) is 18.0. The fourth-order valence-electron chi connectivity index (χ4n) is 5.15. The highest BCUT2D eigenvalue weighted by molar-refractivity contribution is 5.93. The number of piperidine rings is 1. The van der Waals surface area contributed by atoms with Crippen molar-refractivity contribution in [2.24, 2.45) is 5.92 Å². The van der Waals surface area contributed by atoms with Crippen molar-refractivity contribution in [1.82, 2.24) is 10.2 Å². The lowest BCUT2D eigenvalue weighted by Crippen LogP contribution is -2.52. The molecule has 6 heteroatoms. The monoisotopic (exact) mass is 447 g/mol. The van der Waals surface area contributed by atoms with Crippen molar-refractivity contribution in [3.63, 3.8) is 0 Å². The predicted octanol–water partition coefficient (Wildman–Crippen LogP) is 4.01. The number of hydrogen-bond donors (Lipinski definition) is 2. The minimum atomic E-state index is -0.651. The zero-order valence-electron chi connectivity index (χ0n) is 19.3. The summed E-state index contributed by atoms with van der Waals surface area (Å²) >= 11 is 0.